The molecule has 0 saturated carbocycles. The topological polar surface area (TPSA) is 38.3 Å². The highest BCUT2D eigenvalue weighted by atomic mass is 16.5. The summed E-state index contributed by atoms with van der Waals surface area (Å²) in [7, 11) is 0. The Hall–Kier alpha value is -1.35. The third kappa shape index (κ3) is 4.61. The van der Waals surface area contributed by atoms with Gasteiger partial charge < -0.3 is 10.1 Å². The normalized spacial score (nSPS) is 10.4. The summed E-state index contributed by atoms with van der Waals surface area (Å²) < 4.78 is 5.19. The summed E-state index contributed by atoms with van der Waals surface area (Å²) in [5, 5.41) is 2.76. The molecule has 1 N–H and O–H groups in total. The smallest absolute Gasteiger partial charge is 0.250 e. The van der Waals surface area contributed by atoms with Crippen LogP contribution in [-0.2, 0) is 9.53 Å². The Morgan fingerprint density at radius 2 is 1.93 bits per heavy atom. The van der Waals surface area contributed by atoms with Crippen LogP contribution in [0, 0.1) is 6.92 Å². The van der Waals surface area contributed by atoms with Crippen molar-refractivity contribution in [2.75, 3.05) is 11.9 Å². The van der Waals surface area contributed by atoms with Crippen LogP contribution < -0.4 is 5.32 Å². The Kier molecular flexibility index (Phi) is 4.31. The summed E-state index contributed by atoms with van der Waals surface area (Å²) in [6, 6.07) is 7.67. The van der Waals surface area contributed by atoms with Gasteiger partial charge in [0.2, 0.25) is 5.91 Å². The van der Waals surface area contributed by atoms with Crippen LogP contribution in [0.5, 0.6) is 0 Å². The molecule has 0 spiro atoms. The quantitative estimate of drug-likeness (QED) is 0.823. The van der Waals surface area contributed by atoms with Gasteiger partial charge in [-0.15, -0.1) is 0 Å². The van der Waals surface area contributed by atoms with Crippen LogP contribution >= 0.6 is 0 Å². The van der Waals surface area contributed by atoms with E-state index in [2.05, 4.69) is 5.32 Å². The molecule has 0 aliphatic heterocycles. The lowest BCUT2D eigenvalue weighted by Gasteiger charge is -2.08. The fourth-order valence-electron chi connectivity index (χ4n) is 1.08. The van der Waals surface area contributed by atoms with Gasteiger partial charge in [0.25, 0.3) is 0 Å². The molecule has 3 nitrogen and oxygen atoms in total. The molecule has 0 radical (unpaired) electrons. The molecule has 82 valence electrons. The molecule has 0 unspecified atom stereocenters. The van der Waals surface area contributed by atoms with E-state index in [1.165, 1.54) is 5.56 Å². The van der Waals surface area contributed by atoms with E-state index in [1.807, 2.05) is 45.0 Å². The Balaban J connectivity index is 2.41. The van der Waals surface area contributed by atoms with Crippen molar-refractivity contribution in [3.63, 3.8) is 0 Å². The second-order valence-corrected chi connectivity index (χ2v) is 3.77. The lowest BCUT2D eigenvalue weighted by atomic mass is 10.2. The van der Waals surface area contributed by atoms with Gasteiger partial charge in [0, 0.05) is 5.69 Å². The van der Waals surface area contributed by atoms with Crippen molar-refractivity contribution >= 4 is 11.6 Å². The van der Waals surface area contributed by atoms with Crippen molar-refractivity contribution in [2.24, 2.45) is 0 Å². The van der Waals surface area contributed by atoms with Crippen LogP contribution in [0.25, 0.3) is 0 Å². The average molecular weight is 207 g/mol. The SMILES string of the molecule is Cc1ccc(NC(=O)COC(C)C)cc1. The first-order valence-corrected chi connectivity index (χ1v) is 5.06. The molecule has 0 heterocycles. The second-order valence-electron chi connectivity index (χ2n) is 3.77. The predicted molar refractivity (Wildman–Crippen MR) is 60.9 cm³/mol. The number of carbonyl (C=O) groups excluding carboxylic acids is 1. The molecule has 3 heteroatoms. The molecule has 0 bridgehead atoms. The van der Waals surface area contributed by atoms with E-state index in [0.717, 1.165) is 5.69 Å². The zero-order valence-electron chi connectivity index (χ0n) is 9.41. The van der Waals surface area contributed by atoms with Gasteiger partial charge in [0.15, 0.2) is 0 Å². The van der Waals surface area contributed by atoms with Crippen molar-refractivity contribution in [3.05, 3.63) is 29.8 Å². The van der Waals surface area contributed by atoms with Crippen LogP contribution in [0.2, 0.25) is 0 Å². The van der Waals surface area contributed by atoms with E-state index >= 15 is 0 Å². The van der Waals surface area contributed by atoms with Gasteiger partial charge in [-0.3, -0.25) is 4.79 Å². The molecule has 1 aromatic carbocycles. The molecule has 0 aromatic heterocycles. The Morgan fingerprint density at radius 1 is 1.33 bits per heavy atom. The second kappa shape index (κ2) is 5.51. The summed E-state index contributed by atoms with van der Waals surface area (Å²) in [5.41, 5.74) is 1.98. The highest BCUT2D eigenvalue weighted by molar-refractivity contribution is 5.91. The minimum Gasteiger partial charge on any atom is -0.369 e. The third-order valence-corrected chi connectivity index (χ3v) is 1.88. The minimum atomic E-state index is -0.118. The fourth-order valence-corrected chi connectivity index (χ4v) is 1.08. The zero-order chi connectivity index (χ0) is 11.3. The maximum Gasteiger partial charge on any atom is 0.250 e. The van der Waals surface area contributed by atoms with Crippen LogP contribution in [0.1, 0.15) is 19.4 Å². The van der Waals surface area contributed by atoms with E-state index in [0.29, 0.717) is 0 Å². The molecule has 0 aliphatic rings. The highest BCUT2D eigenvalue weighted by Crippen LogP contribution is 2.08. The van der Waals surface area contributed by atoms with Crippen LogP contribution in [0.15, 0.2) is 24.3 Å². The molecule has 1 rings (SSSR count). The largest absolute Gasteiger partial charge is 0.369 e. The van der Waals surface area contributed by atoms with Crippen molar-refractivity contribution in [1.82, 2.24) is 0 Å². The number of nitrogens with one attached hydrogen (secondary N) is 1. The van der Waals surface area contributed by atoms with E-state index < -0.39 is 0 Å². The predicted octanol–water partition coefficient (Wildman–Crippen LogP) is 2.36. The summed E-state index contributed by atoms with van der Waals surface area (Å²) in [6.07, 6.45) is 0.0776. The number of hydrogen-bond donors (Lipinski definition) is 1. The van der Waals surface area contributed by atoms with E-state index in [-0.39, 0.29) is 18.6 Å². The maximum atomic E-state index is 11.4. The number of benzene rings is 1. The summed E-state index contributed by atoms with van der Waals surface area (Å²) in [4.78, 5) is 11.4. The lowest BCUT2D eigenvalue weighted by molar-refractivity contribution is -0.121. The van der Waals surface area contributed by atoms with Crippen molar-refractivity contribution in [2.45, 2.75) is 26.9 Å². The summed E-state index contributed by atoms with van der Waals surface area (Å²) >= 11 is 0. The van der Waals surface area contributed by atoms with E-state index in [1.54, 1.807) is 0 Å². The lowest BCUT2D eigenvalue weighted by Crippen LogP contribution is -2.20. The first-order chi connectivity index (χ1) is 7.08. The Labute approximate surface area is 90.4 Å². The molecule has 15 heavy (non-hydrogen) atoms. The molecule has 0 saturated heterocycles. The summed E-state index contributed by atoms with van der Waals surface area (Å²) in [5.74, 6) is -0.118. The van der Waals surface area contributed by atoms with Gasteiger partial charge in [0.05, 0.1) is 6.10 Å². The maximum absolute atomic E-state index is 11.4. The summed E-state index contributed by atoms with van der Waals surface area (Å²) in [6.45, 7) is 5.91. The number of rotatable bonds is 4. The van der Waals surface area contributed by atoms with Crippen molar-refractivity contribution < 1.29 is 9.53 Å². The molecule has 0 fully saturated rings. The number of ether oxygens (including phenoxy) is 1. The van der Waals surface area contributed by atoms with E-state index in [4.69, 9.17) is 4.74 Å². The van der Waals surface area contributed by atoms with Crippen LogP contribution in [0.4, 0.5) is 5.69 Å². The molecule has 1 aromatic rings. The van der Waals surface area contributed by atoms with Gasteiger partial charge in [-0.2, -0.15) is 0 Å². The van der Waals surface area contributed by atoms with Crippen LogP contribution in [0.3, 0.4) is 0 Å². The number of carbonyl (C=O) groups is 1. The monoisotopic (exact) mass is 207 g/mol. The molecular formula is C12H17NO2. The van der Waals surface area contributed by atoms with Gasteiger partial charge in [-0.25, -0.2) is 0 Å². The third-order valence-electron chi connectivity index (χ3n) is 1.88. The van der Waals surface area contributed by atoms with Gasteiger partial charge in [0.1, 0.15) is 6.61 Å². The minimum absolute atomic E-state index is 0.0776. The van der Waals surface area contributed by atoms with Gasteiger partial charge in [-0.1, -0.05) is 17.7 Å². The highest BCUT2D eigenvalue weighted by Gasteiger charge is 2.03. The zero-order valence-corrected chi connectivity index (χ0v) is 9.41. The average Bonchev–Trinajstić information content (AvgIpc) is 2.19. The number of anilines is 1. The van der Waals surface area contributed by atoms with Crippen molar-refractivity contribution in [3.8, 4) is 0 Å². The number of hydrogen-bond acceptors (Lipinski definition) is 2. The van der Waals surface area contributed by atoms with Gasteiger partial charge in [-0.05, 0) is 32.9 Å². The fraction of sp³-hybridized carbons (Fsp3) is 0.417. The first kappa shape index (κ1) is 11.7. The first-order valence-electron chi connectivity index (χ1n) is 5.06. The van der Waals surface area contributed by atoms with Crippen LogP contribution in [-0.4, -0.2) is 18.6 Å². The van der Waals surface area contributed by atoms with E-state index in [9.17, 15) is 4.79 Å². The number of amides is 1. The standard InChI is InChI=1S/C12H17NO2/c1-9(2)15-8-12(14)13-11-6-4-10(3)5-7-11/h4-7,9H,8H2,1-3H3,(H,13,14). The Bertz CT molecular complexity index is 317. The molecule has 1 amide bonds. The Morgan fingerprint density at radius 3 is 2.47 bits per heavy atom. The van der Waals surface area contributed by atoms with Gasteiger partial charge >= 0.3 is 0 Å². The molecule has 0 atom stereocenters. The molecule has 0 aliphatic carbocycles. The molecular weight excluding hydrogens is 190 g/mol. The van der Waals surface area contributed by atoms with Crippen molar-refractivity contribution in [1.29, 1.82) is 0 Å². The number of aryl methyl sites for hydroxylation is 1.